The largest absolute Gasteiger partial charge is 0.331 e. The van der Waals surface area contributed by atoms with Gasteiger partial charge in [-0.1, -0.05) is 28.1 Å². The van der Waals surface area contributed by atoms with Crippen molar-refractivity contribution in [3.63, 3.8) is 0 Å². The minimum absolute atomic E-state index is 0.0469. The summed E-state index contributed by atoms with van der Waals surface area (Å²) in [5.74, 6) is 0.269. The zero-order valence-corrected chi connectivity index (χ0v) is 12.7. The standard InChI is InChI=1S/C15H19BrN2O/c1-9-2-3-10(8-12(9)16)15-13(17)6-7-14(19)18(15)11-4-5-11/h2-3,8,11,13,15H,4-7,17H2,1H3. The molecule has 1 aliphatic heterocycles. The highest BCUT2D eigenvalue weighted by Gasteiger charge is 2.43. The Kier molecular flexibility index (Phi) is 3.39. The second-order valence-electron chi connectivity index (χ2n) is 5.69. The van der Waals surface area contributed by atoms with Crippen LogP contribution in [0.5, 0.6) is 0 Å². The molecule has 2 fully saturated rings. The molecule has 0 radical (unpaired) electrons. The van der Waals surface area contributed by atoms with E-state index in [2.05, 4.69) is 41.1 Å². The van der Waals surface area contributed by atoms with E-state index in [9.17, 15) is 4.79 Å². The molecule has 102 valence electrons. The normalized spacial score (nSPS) is 27.7. The fourth-order valence-electron chi connectivity index (χ4n) is 2.92. The molecule has 1 aliphatic carbocycles. The minimum Gasteiger partial charge on any atom is -0.331 e. The second-order valence-corrected chi connectivity index (χ2v) is 6.54. The van der Waals surface area contributed by atoms with Gasteiger partial charge in [0.2, 0.25) is 5.91 Å². The van der Waals surface area contributed by atoms with Gasteiger partial charge in [0.05, 0.1) is 6.04 Å². The predicted octanol–water partition coefficient (Wildman–Crippen LogP) is 2.91. The number of carbonyl (C=O) groups is 1. The predicted molar refractivity (Wildman–Crippen MR) is 78.7 cm³/mol. The fraction of sp³-hybridized carbons (Fsp3) is 0.533. The summed E-state index contributed by atoms with van der Waals surface area (Å²) in [5, 5.41) is 0. The molecule has 3 nitrogen and oxygen atoms in total. The van der Waals surface area contributed by atoms with Gasteiger partial charge in [-0.15, -0.1) is 0 Å². The number of nitrogens with two attached hydrogens (primary N) is 1. The Morgan fingerprint density at radius 3 is 2.68 bits per heavy atom. The maximum atomic E-state index is 12.2. The molecular formula is C15H19BrN2O. The first-order valence-electron chi connectivity index (χ1n) is 6.90. The van der Waals surface area contributed by atoms with Gasteiger partial charge in [0.15, 0.2) is 0 Å². The van der Waals surface area contributed by atoms with Crippen LogP contribution in [0.1, 0.15) is 42.9 Å². The second kappa shape index (κ2) is 4.91. The Balaban J connectivity index is 1.97. The third kappa shape index (κ3) is 2.43. The maximum Gasteiger partial charge on any atom is 0.223 e. The molecule has 1 aromatic rings. The molecule has 19 heavy (non-hydrogen) atoms. The third-order valence-electron chi connectivity index (χ3n) is 4.16. The van der Waals surface area contributed by atoms with Gasteiger partial charge in [-0.25, -0.2) is 0 Å². The van der Waals surface area contributed by atoms with Crippen molar-refractivity contribution < 1.29 is 4.79 Å². The number of piperidine rings is 1. The van der Waals surface area contributed by atoms with E-state index in [-0.39, 0.29) is 18.0 Å². The van der Waals surface area contributed by atoms with E-state index in [4.69, 9.17) is 5.73 Å². The zero-order valence-electron chi connectivity index (χ0n) is 11.1. The number of rotatable bonds is 2. The number of aryl methyl sites for hydroxylation is 1. The van der Waals surface area contributed by atoms with Crippen molar-refractivity contribution in [2.24, 2.45) is 5.73 Å². The van der Waals surface area contributed by atoms with Gasteiger partial charge in [-0.3, -0.25) is 4.79 Å². The molecule has 3 rings (SSSR count). The van der Waals surface area contributed by atoms with Crippen LogP contribution in [0.3, 0.4) is 0 Å². The van der Waals surface area contributed by atoms with Crippen LogP contribution in [0.15, 0.2) is 22.7 Å². The first-order chi connectivity index (χ1) is 9.08. The van der Waals surface area contributed by atoms with Crippen molar-refractivity contribution in [3.05, 3.63) is 33.8 Å². The van der Waals surface area contributed by atoms with Crippen LogP contribution in [0.2, 0.25) is 0 Å². The topological polar surface area (TPSA) is 46.3 Å². The van der Waals surface area contributed by atoms with Crippen molar-refractivity contribution in [2.45, 2.75) is 50.7 Å². The Bertz CT molecular complexity index is 513. The fourth-order valence-corrected chi connectivity index (χ4v) is 3.32. The van der Waals surface area contributed by atoms with Crippen molar-refractivity contribution >= 4 is 21.8 Å². The Hall–Kier alpha value is -0.870. The van der Waals surface area contributed by atoms with Gasteiger partial charge in [0.1, 0.15) is 0 Å². The maximum absolute atomic E-state index is 12.2. The summed E-state index contributed by atoms with van der Waals surface area (Å²) >= 11 is 3.58. The molecule has 0 spiro atoms. The van der Waals surface area contributed by atoms with Gasteiger partial charge in [-0.05, 0) is 43.4 Å². The molecule has 0 aromatic heterocycles. The number of halogens is 1. The summed E-state index contributed by atoms with van der Waals surface area (Å²) in [5.41, 5.74) is 8.67. The van der Waals surface area contributed by atoms with E-state index in [1.165, 1.54) is 5.56 Å². The SMILES string of the molecule is Cc1ccc(C2C(N)CCC(=O)N2C2CC2)cc1Br. The summed E-state index contributed by atoms with van der Waals surface area (Å²) in [7, 11) is 0. The summed E-state index contributed by atoms with van der Waals surface area (Å²) in [4.78, 5) is 14.3. The van der Waals surface area contributed by atoms with Gasteiger partial charge >= 0.3 is 0 Å². The van der Waals surface area contributed by atoms with E-state index in [0.29, 0.717) is 12.5 Å². The molecule has 1 amide bonds. The molecule has 2 aliphatic rings. The third-order valence-corrected chi connectivity index (χ3v) is 5.02. The molecular weight excluding hydrogens is 304 g/mol. The number of likely N-dealkylation sites (tertiary alicyclic amines) is 1. The minimum atomic E-state index is 0.0469. The first-order valence-corrected chi connectivity index (χ1v) is 7.70. The molecule has 2 unspecified atom stereocenters. The highest BCUT2D eigenvalue weighted by Crippen LogP contribution is 2.40. The number of hydrogen-bond donors (Lipinski definition) is 1. The van der Waals surface area contributed by atoms with E-state index in [1.807, 2.05) is 4.90 Å². The quantitative estimate of drug-likeness (QED) is 0.910. The van der Waals surface area contributed by atoms with Crippen LogP contribution >= 0.6 is 15.9 Å². The molecule has 0 bridgehead atoms. The van der Waals surface area contributed by atoms with Crippen molar-refractivity contribution in [3.8, 4) is 0 Å². The number of nitrogens with zero attached hydrogens (tertiary/aromatic N) is 1. The molecule has 2 atom stereocenters. The first kappa shape index (κ1) is 13.1. The van der Waals surface area contributed by atoms with Crippen LogP contribution < -0.4 is 5.73 Å². The number of amides is 1. The molecule has 1 aromatic carbocycles. The van der Waals surface area contributed by atoms with Crippen LogP contribution in [0, 0.1) is 6.92 Å². The monoisotopic (exact) mass is 322 g/mol. The molecule has 1 saturated heterocycles. The lowest BCUT2D eigenvalue weighted by Gasteiger charge is -2.40. The van der Waals surface area contributed by atoms with Gasteiger partial charge in [0.25, 0.3) is 0 Å². The highest BCUT2D eigenvalue weighted by atomic mass is 79.9. The molecule has 2 N–H and O–H groups in total. The number of benzene rings is 1. The zero-order chi connectivity index (χ0) is 13.6. The Labute approximate surface area is 122 Å². The lowest BCUT2D eigenvalue weighted by Crippen LogP contribution is -2.49. The Morgan fingerprint density at radius 2 is 2.05 bits per heavy atom. The molecule has 1 heterocycles. The van der Waals surface area contributed by atoms with E-state index < -0.39 is 0 Å². The summed E-state index contributed by atoms with van der Waals surface area (Å²) in [6.07, 6.45) is 3.64. The van der Waals surface area contributed by atoms with E-state index in [0.717, 1.165) is 29.3 Å². The average Bonchev–Trinajstić information content (AvgIpc) is 3.19. The van der Waals surface area contributed by atoms with Crippen LogP contribution in [0.4, 0.5) is 0 Å². The van der Waals surface area contributed by atoms with Crippen LogP contribution in [-0.4, -0.2) is 22.9 Å². The lowest BCUT2D eigenvalue weighted by atomic mass is 9.90. The smallest absolute Gasteiger partial charge is 0.223 e. The number of carbonyl (C=O) groups excluding carboxylic acids is 1. The molecule has 4 heteroatoms. The lowest BCUT2D eigenvalue weighted by molar-refractivity contribution is -0.138. The van der Waals surface area contributed by atoms with Crippen LogP contribution in [0.25, 0.3) is 0 Å². The van der Waals surface area contributed by atoms with Gasteiger partial charge in [0, 0.05) is 23.0 Å². The molecule has 1 saturated carbocycles. The summed E-state index contributed by atoms with van der Waals surface area (Å²) in [6, 6.07) is 6.84. The van der Waals surface area contributed by atoms with E-state index >= 15 is 0 Å². The number of hydrogen-bond acceptors (Lipinski definition) is 2. The average molecular weight is 323 g/mol. The van der Waals surface area contributed by atoms with Crippen molar-refractivity contribution in [1.82, 2.24) is 4.90 Å². The van der Waals surface area contributed by atoms with Gasteiger partial charge in [-0.2, -0.15) is 0 Å². The van der Waals surface area contributed by atoms with Crippen LogP contribution in [-0.2, 0) is 4.79 Å². The van der Waals surface area contributed by atoms with Gasteiger partial charge < -0.3 is 10.6 Å². The summed E-state index contributed by atoms with van der Waals surface area (Å²) < 4.78 is 1.09. The van der Waals surface area contributed by atoms with Crippen molar-refractivity contribution in [2.75, 3.05) is 0 Å². The highest BCUT2D eigenvalue weighted by molar-refractivity contribution is 9.10. The van der Waals surface area contributed by atoms with E-state index in [1.54, 1.807) is 0 Å². The Morgan fingerprint density at radius 1 is 1.32 bits per heavy atom. The summed E-state index contributed by atoms with van der Waals surface area (Å²) in [6.45, 7) is 2.07. The van der Waals surface area contributed by atoms with Crippen molar-refractivity contribution in [1.29, 1.82) is 0 Å².